The van der Waals surface area contributed by atoms with Crippen molar-refractivity contribution in [3.05, 3.63) is 21.9 Å². The van der Waals surface area contributed by atoms with Gasteiger partial charge in [-0.1, -0.05) is 19.3 Å². The topological polar surface area (TPSA) is 26.0 Å². The van der Waals surface area contributed by atoms with Gasteiger partial charge in [0.2, 0.25) is 0 Å². The molecule has 1 nitrogen and oxygen atoms in total. The lowest BCUT2D eigenvalue weighted by Gasteiger charge is -2.37. The lowest BCUT2D eigenvalue weighted by Crippen LogP contribution is -2.27. The highest BCUT2D eigenvalue weighted by atomic mass is 32.1. The maximum absolute atomic E-state index is 5.82. The molecule has 1 saturated carbocycles. The van der Waals surface area contributed by atoms with E-state index < -0.39 is 0 Å². The van der Waals surface area contributed by atoms with Gasteiger partial charge in [-0.2, -0.15) is 0 Å². The summed E-state index contributed by atoms with van der Waals surface area (Å²) in [6, 6.07) is 4.55. The molecule has 1 aliphatic carbocycles. The van der Waals surface area contributed by atoms with E-state index in [0.29, 0.717) is 5.41 Å². The first kappa shape index (κ1) is 13.1. The van der Waals surface area contributed by atoms with E-state index in [1.807, 2.05) is 11.3 Å². The molecule has 0 saturated heterocycles. The van der Waals surface area contributed by atoms with Crippen molar-refractivity contribution in [3.8, 4) is 0 Å². The van der Waals surface area contributed by atoms with Gasteiger partial charge in [0.05, 0.1) is 0 Å². The highest BCUT2D eigenvalue weighted by molar-refractivity contribution is 7.11. The lowest BCUT2D eigenvalue weighted by molar-refractivity contribution is 0.161. The summed E-state index contributed by atoms with van der Waals surface area (Å²) in [6.07, 6.45) is 10.9. The number of thiophene rings is 1. The molecule has 0 radical (unpaired) electrons. The molecule has 0 amide bonds. The van der Waals surface area contributed by atoms with Crippen LogP contribution in [0.15, 0.2) is 12.1 Å². The van der Waals surface area contributed by atoms with E-state index in [0.717, 1.165) is 6.54 Å². The summed E-state index contributed by atoms with van der Waals surface area (Å²) >= 11 is 1.96. The van der Waals surface area contributed by atoms with Crippen molar-refractivity contribution in [2.45, 2.75) is 58.3 Å². The van der Waals surface area contributed by atoms with Crippen molar-refractivity contribution in [2.75, 3.05) is 6.54 Å². The van der Waals surface area contributed by atoms with Gasteiger partial charge in [0.1, 0.15) is 0 Å². The summed E-state index contributed by atoms with van der Waals surface area (Å²) in [7, 11) is 0. The minimum atomic E-state index is 0.574. The van der Waals surface area contributed by atoms with Crippen molar-refractivity contribution < 1.29 is 0 Å². The van der Waals surface area contributed by atoms with E-state index in [1.54, 1.807) is 4.88 Å². The second-order valence-electron chi connectivity index (χ2n) is 5.61. The minimum Gasteiger partial charge on any atom is -0.330 e. The van der Waals surface area contributed by atoms with Crippen LogP contribution in [0.4, 0.5) is 0 Å². The Hall–Kier alpha value is -0.340. The van der Waals surface area contributed by atoms with Crippen molar-refractivity contribution >= 4 is 11.3 Å². The van der Waals surface area contributed by atoms with Crippen LogP contribution in [0.5, 0.6) is 0 Å². The van der Waals surface area contributed by atoms with Crippen molar-refractivity contribution in [1.29, 1.82) is 0 Å². The third-order valence-electron chi connectivity index (χ3n) is 4.29. The van der Waals surface area contributed by atoms with Gasteiger partial charge in [-0.25, -0.2) is 0 Å². The van der Waals surface area contributed by atoms with Gasteiger partial charge in [0, 0.05) is 9.75 Å². The fraction of sp³-hybridized carbons (Fsp3) is 0.733. The standard InChI is InChI=1S/C15H25NS/c1-13-5-6-14(17-13)7-10-15(11-12-16)8-3-2-4-9-15/h5-6H,2-4,7-12,16H2,1H3. The molecule has 2 rings (SSSR count). The van der Waals surface area contributed by atoms with Crippen LogP contribution in [-0.2, 0) is 6.42 Å². The van der Waals surface area contributed by atoms with Gasteiger partial charge >= 0.3 is 0 Å². The Labute approximate surface area is 109 Å². The van der Waals surface area contributed by atoms with Crippen LogP contribution >= 0.6 is 11.3 Å². The Morgan fingerprint density at radius 3 is 2.53 bits per heavy atom. The second-order valence-corrected chi connectivity index (χ2v) is 6.98. The molecule has 17 heavy (non-hydrogen) atoms. The number of rotatable bonds is 5. The van der Waals surface area contributed by atoms with Crippen molar-refractivity contribution in [2.24, 2.45) is 11.1 Å². The zero-order valence-corrected chi connectivity index (χ0v) is 11.8. The summed E-state index contributed by atoms with van der Waals surface area (Å²) in [5.74, 6) is 0. The molecule has 1 fully saturated rings. The average Bonchev–Trinajstić information content (AvgIpc) is 2.75. The largest absolute Gasteiger partial charge is 0.330 e. The molecule has 2 N–H and O–H groups in total. The molecule has 0 aromatic carbocycles. The second kappa shape index (κ2) is 6.01. The maximum atomic E-state index is 5.82. The summed E-state index contributed by atoms with van der Waals surface area (Å²) in [5.41, 5.74) is 6.39. The van der Waals surface area contributed by atoms with Gasteiger partial charge < -0.3 is 5.73 Å². The Morgan fingerprint density at radius 1 is 1.18 bits per heavy atom. The SMILES string of the molecule is Cc1ccc(CCC2(CCN)CCCCC2)s1. The van der Waals surface area contributed by atoms with E-state index in [4.69, 9.17) is 5.73 Å². The van der Waals surface area contributed by atoms with Gasteiger partial charge in [-0.15, -0.1) is 11.3 Å². The molecule has 96 valence electrons. The van der Waals surface area contributed by atoms with Crippen LogP contribution in [0, 0.1) is 12.3 Å². The highest BCUT2D eigenvalue weighted by Crippen LogP contribution is 2.43. The molecule has 2 heteroatoms. The fourth-order valence-corrected chi connectivity index (χ4v) is 4.13. The molecule has 1 aromatic rings. The molecule has 1 heterocycles. The van der Waals surface area contributed by atoms with Crippen LogP contribution in [0.25, 0.3) is 0 Å². The third kappa shape index (κ3) is 3.56. The van der Waals surface area contributed by atoms with Crippen molar-refractivity contribution in [1.82, 2.24) is 0 Å². The number of hydrogen-bond acceptors (Lipinski definition) is 2. The Kier molecular flexibility index (Phi) is 4.63. The molecule has 0 unspecified atom stereocenters. The zero-order valence-electron chi connectivity index (χ0n) is 11.0. The first-order chi connectivity index (χ1) is 8.24. The van der Waals surface area contributed by atoms with Crippen LogP contribution in [0.1, 0.15) is 54.7 Å². The summed E-state index contributed by atoms with van der Waals surface area (Å²) < 4.78 is 0. The third-order valence-corrected chi connectivity index (χ3v) is 5.35. The first-order valence-corrected chi connectivity index (χ1v) is 7.81. The molecule has 0 spiro atoms. The minimum absolute atomic E-state index is 0.574. The smallest absolute Gasteiger partial charge is 0.00482 e. The Balaban J connectivity index is 1.93. The molecule has 0 bridgehead atoms. The fourth-order valence-electron chi connectivity index (χ4n) is 3.24. The normalized spacial score (nSPS) is 19.4. The van der Waals surface area contributed by atoms with E-state index in [2.05, 4.69) is 19.1 Å². The maximum Gasteiger partial charge on any atom is 0.00482 e. The molecule has 1 aromatic heterocycles. The van der Waals surface area contributed by atoms with Crippen molar-refractivity contribution in [3.63, 3.8) is 0 Å². The predicted octanol–water partition coefficient (Wildman–Crippen LogP) is 4.29. The molecular weight excluding hydrogens is 226 g/mol. The Morgan fingerprint density at radius 2 is 1.94 bits per heavy atom. The quantitative estimate of drug-likeness (QED) is 0.830. The van der Waals surface area contributed by atoms with E-state index in [9.17, 15) is 0 Å². The number of hydrogen-bond donors (Lipinski definition) is 1. The monoisotopic (exact) mass is 251 g/mol. The van der Waals surface area contributed by atoms with Gasteiger partial charge in [-0.05, 0) is 63.1 Å². The first-order valence-electron chi connectivity index (χ1n) is 6.99. The molecule has 0 atom stereocenters. The predicted molar refractivity (Wildman–Crippen MR) is 76.6 cm³/mol. The zero-order chi connectivity index (χ0) is 12.1. The highest BCUT2D eigenvalue weighted by Gasteiger charge is 2.30. The van der Waals surface area contributed by atoms with Crippen LogP contribution in [0.2, 0.25) is 0 Å². The summed E-state index contributed by atoms with van der Waals surface area (Å²) in [6.45, 7) is 3.06. The van der Waals surface area contributed by atoms with Gasteiger partial charge in [-0.3, -0.25) is 0 Å². The van der Waals surface area contributed by atoms with E-state index >= 15 is 0 Å². The molecule has 1 aliphatic rings. The molecular formula is C15H25NS. The average molecular weight is 251 g/mol. The number of aryl methyl sites for hydroxylation is 2. The summed E-state index contributed by atoms with van der Waals surface area (Å²) in [4.78, 5) is 3.00. The molecule has 0 aliphatic heterocycles. The number of nitrogens with two attached hydrogens (primary N) is 1. The van der Waals surface area contributed by atoms with Crippen LogP contribution < -0.4 is 5.73 Å². The van der Waals surface area contributed by atoms with Crippen LogP contribution in [-0.4, -0.2) is 6.54 Å². The van der Waals surface area contributed by atoms with Crippen LogP contribution in [0.3, 0.4) is 0 Å². The Bertz CT molecular complexity index is 331. The lowest BCUT2D eigenvalue weighted by atomic mass is 9.69. The van der Waals surface area contributed by atoms with Gasteiger partial charge in [0.25, 0.3) is 0 Å². The van der Waals surface area contributed by atoms with E-state index in [1.165, 1.54) is 56.2 Å². The van der Waals surface area contributed by atoms with E-state index in [-0.39, 0.29) is 0 Å². The van der Waals surface area contributed by atoms with Gasteiger partial charge in [0.15, 0.2) is 0 Å². The summed E-state index contributed by atoms with van der Waals surface area (Å²) in [5, 5.41) is 0.